The van der Waals surface area contributed by atoms with Crippen LogP contribution in [-0.2, 0) is 4.79 Å². The molecule has 3 aromatic rings. The van der Waals surface area contributed by atoms with Gasteiger partial charge < -0.3 is 14.8 Å². The van der Waals surface area contributed by atoms with E-state index in [2.05, 4.69) is 19.2 Å². The maximum atomic E-state index is 13.3. The van der Waals surface area contributed by atoms with Crippen molar-refractivity contribution in [3.63, 3.8) is 0 Å². The molecular weight excluding hydrogens is 440 g/mol. The van der Waals surface area contributed by atoms with E-state index in [9.17, 15) is 4.79 Å². The third kappa shape index (κ3) is 3.86. The molecule has 0 fully saturated rings. The second-order valence-electron chi connectivity index (χ2n) is 9.22. The standard InChI is InChI=1S/C25H25ClN4O3/c1-25(2)12-19-21(20(31)13-25)22(14-5-7-16(26)8-6-14)30-24(27-19)28-23(29-30)15-9-17(32-3)11-18(10-15)33-4/h5-11,22H,12-13H2,1-4H3,(H,27,28,29)/t22-/m1/s1. The molecule has 1 aromatic heterocycles. The zero-order valence-corrected chi connectivity index (χ0v) is 19.7. The lowest BCUT2D eigenvalue weighted by Crippen LogP contribution is -2.36. The van der Waals surface area contributed by atoms with Crippen molar-refractivity contribution in [2.24, 2.45) is 5.41 Å². The number of benzene rings is 2. The molecule has 170 valence electrons. The molecule has 7 nitrogen and oxygen atoms in total. The van der Waals surface area contributed by atoms with Gasteiger partial charge in [-0.2, -0.15) is 4.98 Å². The van der Waals surface area contributed by atoms with Crippen molar-refractivity contribution in [2.75, 3.05) is 19.5 Å². The van der Waals surface area contributed by atoms with Crippen LogP contribution in [0.1, 0.15) is 38.3 Å². The van der Waals surface area contributed by atoms with Crippen molar-refractivity contribution in [1.82, 2.24) is 14.8 Å². The van der Waals surface area contributed by atoms with E-state index >= 15 is 0 Å². The van der Waals surface area contributed by atoms with Crippen LogP contribution < -0.4 is 14.8 Å². The summed E-state index contributed by atoms with van der Waals surface area (Å²) in [5.41, 5.74) is 3.21. The predicted octanol–water partition coefficient (Wildman–Crippen LogP) is 5.27. The monoisotopic (exact) mass is 464 g/mol. The fourth-order valence-electron chi connectivity index (χ4n) is 4.62. The van der Waals surface area contributed by atoms with Gasteiger partial charge >= 0.3 is 0 Å². The molecule has 5 rings (SSSR count). The number of nitrogens with zero attached hydrogens (tertiary/aromatic N) is 3. The van der Waals surface area contributed by atoms with Gasteiger partial charge in [0, 0.05) is 34.3 Å². The molecule has 1 aliphatic heterocycles. The number of ether oxygens (including phenoxy) is 2. The highest BCUT2D eigenvalue weighted by Crippen LogP contribution is 2.46. The van der Waals surface area contributed by atoms with E-state index in [0.717, 1.165) is 28.8 Å². The summed E-state index contributed by atoms with van der Waals surface area (Å²) < 4.78 is 12.6. The molecular formula is C25H25ClN4O3. The summed E-state index contributed by atoms with van der Waals surface area (Å²) in [4.78, 5) is 18.1. The number of nitrogens with one attached hydrogen (secondary N) is 1. The Bertz CT molecular complexity index is 1260. The maximum Gasteiger partial charge on any atom is 0.226 e. The Labute approximate surface area is 197 Å². The van der Waals surface area contributed by atoms with Crippen LogP contribution in [0.3, 0.4) is 0 Å². The molecule has 0 spiro atoms. The van der Waals surface area contributed by atoms with Crippen molar-refractivity contribution in [3.05, 3.63) is 64.3 Å². The van der Waals surface area contributed by atoms with Crippen LogP contribution in [0.5, 0.6) is 11.5 Å². The fourth-order valence-corrected chi connectivity index (χ4v) is 4.75. The molecule has 1 aliphatic carbocycles. The number of ketones is 1. The average Bonchev–Trinajstić information content (AvgIpc) is 3.21. The summed E-state index contributed by atoms with van der Waals surface area (Å²) in [6.45, 7) is 4.22. The maximum absolute atomic E-state index is 13.3. The molecule has 0 saturated carbocycles. The molecule has 33 heavy (non-hydrogen) atoms. The number of hydrogen-bond donors (Lipinski definition) is 1. The van der Waals surface area contributed by atoms with Crippen LogP contribution in [-0.4, -0.2) is 34.8 Å². The van der Waals surface area contributed by atoms with E-state index in [1.54, 1.807) is 25.0 Å². The molecule has 1 atom stereocenters. The minimum atomic E-state index is -0.383. The van der Waals surface area contributed by atoms with Crippen LogP contribution >= 0.6 is 11.6 Å². The predicted molar refractivity (Wildman–Crippen MR) is 127 cm³/mol. The van der Waals surface area contributed by atoms with Crippen molar-refractivity contribution >= 4 is 23.3 Å². The van der Waals surface area contributed by atoms with Crippen LogP contribution in [0.2, 0.25) is 5.02 Å². The first-order chi connectivity index (χ1) is 15.8. The molecule has 0 amide bonds. The summed E-state index contributed by atoms with van der Waals surface area (Å²) in [7, 11) is 3.21. The topological polar surface area (TPSA) is 78.3 Å². The zero-order chi connectivity index (χ0) is 23.3. The minimum Gasteiger partial charge on any atom is -0.497 e. The lowest BCUT2D eigenvalue weighted by Gasteiger charge is -2.38. The fraction of sp³-hybridized carbons (Fsp3) is 0.320. The van der Waals surface area contributed by atoms with Gasteiger partial charge in [-0.15, -0.1) is 5.10 Å². The van der Waals surface area contributed by atoms with E-state index in [4.69, 9.17) is 31.2 Å². The quantitative estimate of drug-likeness (QED) is 0.566. The number of fused-ring (bicyclic) bond motifs is 1. The number of allylic oxidation sites excluding steroid dienone is 2. The third-order valence-corrected chi connectivity index (χ3v) is 6.38. The first-order valence-corrected chi connectivity index (χ1v) is 11.1. The SMILES string of the molecule is COc1cc(OC)cc(-c2nc3n(n2)[C@H](c2ccc(Cl)cc2)C2=C(CC(C)(C)CC2=O)N3)c1. The van der Waals surface area contributed by atoms with Gasteiger partial charge in [0.25, 0.3) is 0 Å². The Hall–Kier alpha value is -3.32. The number of rotatable bonds is 4. The second-order valence-corrected chi connectivity index (χ2v) is 9.65. The lowest BCUT2D eigenvalue weighted by atomic mass is 9.73. The van der Waals surface area contributed by atoms with Crippen molar-refractivity contribution in [1.29, 1.82) is 0 Å². The molecule has 8 heteroatoms. The summed E-state index contributed by atoms with van der Waals surface area (Å²) in [6.07, 6.45) is 1.24. The number of anilines is 1. The molecule has 0 unspecified atom stereocenters. The van der Waals surface area contributed by atoms with Gasteiger partial charge in [-0.05, 0) is 41.7 Å². The number of methoxy groups -OCH3 is 2. The van der Waals surface area contributed by atoms with E-state index in [1.807, 2.05) is 36.4 Å². The van der Waals surface area contributed by atoms with E-state index in [-0.39, 0.29) is 17.2 Å². The highest BCUT2D eigenvalue weighted by Gasteiger charge is 2.41. The zero-order valence-electron chi connectivity index (χ0n) is 19.0. The Morgan fingerprint density at radius 2 is 1.73 bits per heavy atom. The normalized spacial score (nSPS) is 18.9. The Morgan fingerprint density at radius 3 is 2.36 bits per heavy atom. The first kappa shape index (κ1) is 21.5. The summed E-state index contributed by atoms with van der Waals surface area (Å²) in [6, 6.07) is 12.7. The highest BCUT2D eigenvalue weighted by molar-refractivity contribution is 6.30. The van der Waals surface area contributed by atoms with Gasteiger partial charge in [0.05, 0.1) is 14.2 Å². The van der Waals surface area contributed by atoms with E-state index < -0.39 is 0 Å². The average molecular weight is 465 g/mol. The van der Waals surface area contributed by atoms with Crippen LogP contribution in [0.4, 0.5) is 5.95 Å². The summed E-state index contributed by atoms with van der Waals surface area (Å²) in [5.74, 6) is 2.53. The summed E-state index contributed by atoms with van der Waals surface area (Å²) >= 11 is 6.15. The van der Waals surface area contributed by atoms with Crippen LogP contribution in [0, 0.1) is 5.41 Å². The van der Waals surface area contributed by atoms with Gasteiger partial charge in [0.1, 0.15) is 17.5 Å². The lowest BCUT2D eigenvalue weighted by molar-refractivity contribution is -0.118. The first-order valence-electron chi connectivity index (χ1n) is 10.8. The highest BCUT2D eigenvalue weighted by atomic mass is 35.5. The number of halogens is 1. The second kappa shape index (κ2) is 7.92. The van der Waals surface area contributed by atoms with Crippen molar-refractivity contribution < 1.29 is 14.3 Å². The third-order valence-electron chi connectivity index (χ3n) is 6.13. The molecule has 2 heterocycles. The summed E-state index contributed by atoms with van der Waals surface area (Å²) in [5, 5.41) is 8.87. The van der Waals surface area contributed by atoms with Crippen molar-refractivity contribution in [2.45, 2.75) is 32.7 Å². The molecule has 0 radical (unpaired) electrons. The van der Waals surface area contributed by atoms with Gasteiger partial charge in [0.15, 0.2) is 11.6 Å². The smallest absolute Gasteiger partial charge is 0.226 e. The molecule has 2 aromatic carbocycles. The van der Waals surface area contributed by atoms with Gasteiger partial charge in [-0.1, -0.05) is 37.6 Å². The largest absolute Gasteiger partial charge is 0.497 e. The number of carbonyl (C=O) groups is 1. The molecule has 0 bridgehead atoms. The number of carbonyl (C=O) groups excluding carboxylic acids is 1. The molecule has 2 aliphatic rings. The molecule has 0 saturated heterocycles. The van der Waals surface area contributed by atoms with Crippen LogP contribution in [0.15, 0.2) is 53.7 Å². The number of aromatic nitrogens is 3. The van der Waals surface area contributed by atoms with E-state index in [0.29, 0.717) is 34.7 Å². The Morgan fingerprint density at radius 1 is 1.06 bits per heavy atom. The van der Waals surface area contributed by atoms with Gasteiger partial charge in [-0.25, -0.2) is 4.68 Å². The van der Waals surface area contributed by atoms with Gasteiger partial charge in [-0.3, -0.25) is 4.79 Å². The number of hydrogen-bond acceptors (Lipinski definition) is 6. The van der Waals surface area contributed by atoms with E-state index in [1.165, 1.54) is 0 Å². The number of Topliss-reactive ketones (excluding diaryl/α,β-unsaturated/α-hetero) is 1. The van der Waals surface area contributed by atoms with Crippen LogP contribution in [0.25, 0.3) is 11.4 Å². The van der Waals surface area contributed by atoms with Crippen molar-refractivity contribution in [3.8, 4) is 22.9 Å². The Kier molecular flexibility index (Phi) is 5.16. The minimum absolute atomic E-state index is 0.124. The van der Waals surface area contributed by atoms with Gasteiger partial charge in [0.2, 0.25) is 5.95 Å². The Balaban J connectivity index is 1.67. The molecule has 1 N–H and O–H groups in total.